The molecule has 2 heterocycles. The van der Waals surface area contributed by atoms with Crippen LogP contribution in [-0.4, -0.2) is 41.7 Å². The Morgan fingerprint density at radius 3 is 2.62 bits per heavy atom. The lowest BCUT2D eigenvalue weighted by molar-refractivity contribution is -0.148. The normalized spacial score (nSPS) is 12.2. The minimum atomic E-state index is -0.874. The van der Waals surface area contributed by atoms with Gasteiger partial charge in [0.15, 0.2) is 23.4 Å². The first-order valence-corrected chi connectivity index (χ1v) is 13.8. The van der Waals surface area contributed by atoms with Gasteiger partial charge in [-0.1, -0.05) is 30.3 Å². The molecule has 40 heavy (non-hydrogen) atoms. The van der Waals surface area contributed by atoms with Crippen molar-refractivity contribution in [3.8, 4) is 23.1 Å². The Balaban J connectivity index is 1.64. The van der Waals surface area contributed by atoms with Gasteiger partial charge in [-0.25, -0.2) is 9.78 Å². The van der Waals surface area contributed by atoms with Crippen LogP contribution in [0.4, 0.5) is 0 Å². The number of hydrogen-bond donors (Lipinski definition) is 0. The number of halogens is 2. The number of esters is 1. The average molecular weight is 669 g/mol. The molecule has 204 valence electrons. The molecule has 3 aromatic carbocycles. The molecule has 5 rings (SSSR count). The fourth-order valence-electron chi connectivity index (χ4n) is 4.06. The average Bonchev–Trinajstić information content (AvgIpc) is 3.40. The summed E-state index contributed by atoms with van der Waals surface area (Å²) in [7, 11) is 1.29. The number of fused-ring (bicyclic) bond motifs is 2. The summed E-state index contributed by atoms with van der Waals surface area (Å²) in [6.07, 6.45) is 0.634. The fraction of sp³-hybridized carbons (Fsp3) is 0.172. The van der Waals surface area contributed by atoms with Crippen LogP contribution < -0.4 is 15.0 Å². The molecule has 0 N–H and O–H groups in total. The molecule has 0 saturated carbocycles. The molecule has 2 aromatic heterocycles. The third-order valence-electron chi connectivity index (χ3n) is 6.00. The molecule has 1 atom stereocenters. The maximum absolute atomic E-state index is 13.6. The number of nitrogens with zero attached hydrogens (tertiary/aromatic N) is 3. The maximum atomic E-state index is 13.6. The van der Waals surface area contributed by atoms with Crippen LogP contribution in [-0.2, 0) is 9.53 Å². The molecule has 0 bridgehead atoms. The molecule has 0 saturated heterocycles. The van der Waals surface area contributed by atoms with E-state index in [-0.39, 0.29) is 11.4 Å². The fourth-order valence-corrected chi connectivity index (χ4v) is 4.98. The Morgan fingerprint density at radius 2 is 1.88 bits per heavy atom. The summed E-state index contributed by atoms with van der Waals surface area (Å²) in [5, 5.41) is 5.83. The van der Waals surface area contributed by atoms with Crippen molar-refractivity contribution in [3.05, 3.63) is 85.5 Å². The van der Waals surface area contributed by atoms with E-state index >= 15 is 0 Å². The van der Waals surface area contributed by atoms with Crippen LogP contribution in [0.3, 0.4) is 0 Å². The van der Waals surface area contributed by atoms with Gasteiger partial charge >= 0.3 is 5.97 Å². The second kappa shape index (κ2) is 11.6. The van der Waals surface area contributed by atoms with Crippen LogP contribution in [0.2, 0.25) is 0 Å². The first kappa shape index (κ1) is 27.6. The number of hydrogen-bond acceptors (Lipinski definition) is 8. The molecule has 0 radical (unpaired) electrons. The van der Waals surface area contributed by atoms with Crippen LogP contribution in [0.5, 0.6) is 11.5 Å². The number of benzene rings is 3. The van der Waals surface area contributed by atoms with E-state index < -0.39 is 12.1 Å². The van der Waals surface area contributed by atoms with Gasteiger partial charge in [0.25, 0.3) is 5.56 Å². The van der Waals surface area contributed by atoms with Crippen LogP contribution in [0.15, 0.2) is 83.9 Å². The molecule has 0 aliphatic rings. The molecule has 0 fully saturated rings. The minimum absolute atomic E-state index is 0.253. The minimum Gasteiger partial charge on any atom is -0.490 e. The van der Waals surface area contributed by atoms with E-state index in [4.69, 9.17) is 23.6 Å². The van der Waals surface area contributed by atoms with Crippen LogP contribution >= 0.6 is 31.9 Å². The van der Waals surface area contributed by atoms with Gasteiger partial charge < -0.3 is 18.6 Å². The van der Waals surface area contributed by atoms with Crippen molar-refractivity contribution < 1.29 is 23.4 Å². The number of para-hydroxylation sites is 2. The van der Waals surface area contributed by atoms with Gasteiger partial charge in [-0.05, 0) is 76.0 Å². The highest BCUT2D eigenvalue weighted by atomic mass is 79.9. The van der Waals surface area contributed by atoms with Crippen molar-refractivity contribution in [2.24, 2.45) is 5.10 Å². The zero-order valence-electron chi connectivity index (χ0n) is 21.7. The molecule has 0 unspecified atom stereocenters. The lowest BCUT2D eigenvalue weighted by atomic mass is 10.2. The predicted octanol–water partition coefficient (Wildman–Crippen LogP) is 6.56. The van der Waals surface area contributed by atoms with Crippen molar-refractivity contribution in [1.29, 1.82) is 0 Å². The molecule has 11 heteroatoms. The molecular formula is C29H23Br2N3O6. The van der Waals surface area contributed by atoms with E-state index in [0.717, 1.165) is 5.39 Å². The predicted molar refractivity (Wildman–Crippen MR) is 159 cm³/mol. The van der Waals surface area contributed by atoms with Crippen molar-refractivity contribution >= 4 is 65.9 Å². The van der Waals surface area contributed by atoms with Crippen LogP contribution in [0, 0.1) is 0 Å². The number of carbonyl (C=O) groups excluding carboxylic acids is 1. The van der Waals surface area contributed by atoms with Gasteiger partial charge in [0, 0.05) is 15.4 Å². The van der Waals surface area contributed by atoms with Crippen LogP contribution in [0.1, 0.15) is 19.4 Å². The lowest BCUT2D eigenvalue weighted by Gasteiger charge is -2.19. The summed E-state index contributed by atoms with van der Waals surface area (Å²) in [5.74, 6) is 0.810. The van der Waals surface area contributed by atoms with Gasteiger partial charge in [0.05, 0.1) is 35.3 Å². The standard InChI is InChI=1S/C29H23Br2N3O6/c1-4-38-22-14-18(24(30)25(31)26(22)39-16(2)29(36)37-3)15-32-34-27(23-13-17-9-5-8-12-21(17)40-23)33-20-11-7-6-10-19(20)28(34)35/h5-16H,4H2,1-3H3/t16-/m1/s1. The zero-order chi connectivity index (χ0) is 28.4. The largest absolute Gasteiger partial charge is 0.490 e. The van der Waals surface area contributed by atoms with Gasteiger partial charge in [0.1, 0.15) is 5.58 Å². The summed E-state index contributed by atoms with van der Waals surface area (Å²) >= 11 is 7.10. The lowest BCUT2D eigenvalue weighted by Crippen LogP contribution is -2.25. The van der Waals surface area contributed by atoms with E-state index in [1.165, 1.54) is 18.0 Å². The van der Waals surface area contributed by atoms with E-state index in [0.29, 0.717) is 54.9 Å². The van der Waals surface area contributed by atoms with Crippen molar-refractivity contribution in [2.45, 2.75) is 20.0 Å². The van der Waals surface area contributed by atoms with Crippen molar-refractivity contribution in [3.63, 3.8) is 0 Å². The number of furan rings is 1. The van der Waals surface area contributed by atoms with E-state index in [2.05, 4.69) is 37.0 Å². The smallest absolute Gasteiger partial charge is 0.346 e. The van der Waals surface area contributed by atoms with Crippen LogP contribution in [0.25, 0.3) is 33.5 Å². The Morgan fingerprint density at radius 1 is 1.12 bits per heavy atom. The summed E-state index contributed by atoms with van der Waals surface area (Å²) in [5.41, 5.74) is 1.41. The van der Waals surface area contributed by atoms with E-state index in [9.17, 15) is 9.59 Å². The number of methoxy groups -OCH3 is 1. The Hall–Kier alpha value is -3.96. The highest BCUT2D eigenvalue weighted by molar-refractivity contribution is 9.13. The summed E-state index contributed by atoms with van der Waals surface area (Å²) in [4.78, 5) is 30.3. The van der Waals surface area contributed by atoms with Crippen molar-refractivity contribution in [1.82, 2.24) is 9.66 Å². The SMILES string of the molecule is CCOc1cc(C=Nn2c(-c3cc4ccccc4o3)nc3ccccc3c2=O)c(Br)c(Br)c1O[C@H](C)C(=O)OC. The van der Waals surface area contributed by atoms with E-state index in [1.807, 2.05) is 43.3 Å². The molecule has 0 aliphatic heterocycles. The van der Waals surface area contributed by atoms with Gasteiger partial charge in [0.2, 0.25) is 5.82 Å². The molecular weight excluding hydrogens is 646 g/mol. The Kier molecular flexibility index (Phi) is 8.04. The first-order chi connectivity index (χ1) is 19.3. The van der Waals surface area contributed by atoms with E-state index in [1.54, 1.807) is 31.2 Å². The topological polar surface area (TPSA) is 105 Å². The Labute approximate surface area is 245 Å². The highest BCUT2D eigenvalue weighted by Crippen LogP contribution is 2.43. The quantitative estimate of drug-likeness (QED) is 0.136. The third-order valence-corrected chi connectivity index (χ3v) is 8.14. The molecule has 5 aromatic rings. The first-order valence-electron chi connectivity index (χ1n) is 12.3. The van der Waals surface area contributed by atoms with Gasteiger partial charge in [-0.3, -0.25) is 4.79 Å². The summed E-state index contributed by atoms with van der Waals surface area (Å²) < 4.78 is 24.7. The van der Waals surface area contributed by atoms with Gasteiger partial charge in [-0.2, -0.15) is 9.78 Å². The molecule has 0 spiro atoms. The number of aromatic nitrogens is 2. The third kappa shape index (κ3) is 5.26. The number of rotatable bonds is 8. The Bertz CT molecular complexity index is 1800. The molecule has 0 amide bonds. The molecule has 9 nitrogen and oxygen atoms in total. The number of ether oxygens (including phenoxy) is 3. The monoisotopic (exact) mass is 667 g/mol. The second-order valence-electron chi connectivity index (χ2n) is 8.60. The summed E-state index contributed by atoms with van der Waals surface area (Å²) in [6, 6.07) is 18.1. The second-order valence-corrected chi connectivity index (χ2v) is 10.2. The molecule has 0 aliphatic carbocycles. The zero-order valence-corrected chi connectivity index (χ0v) is 24.9. The number of carbonyl (C=O) groups is 1. The van der Waals surface area contributed by atoms with Gasteiger partial charge in [-0.15, -0.1) is 0 Å². The summed E-state index contributed by atoms with van der Waals surface area (Å²) in [6.45, 7) is 3.75. The maximum Gasteiger partial charge on any atom is 0.346 e. The van der Waals surface area contributed by atoms with Crippen molar-refractivity contribution in [2.75, 3.05) is 13.7 Å². The highest BCUT2D eigenvalue weighted by Gasteiger charge is 2.23.